The molecule has 0 aliphatic carbocycles. The summed E-state index contributed by atoms with van der Waals surface area (Å²) in [5.74, 6) is -0.0149. The highest BCUT2D eigenvalue weighted by atomic mass is 35.5. The number of nitrogens with two attached hydrogens (primary N) is 1. The number of esters is 1. The van der Waals surface area contributed by atoms with Gasteiger partial charge in [-0.15, -0.1) is 0 Å². The minimum absolute atomic E-state index is 0.0763. The number of halogens is 1. The Kier molecular flexibility index (Phi) is 5.61. The molecule has 0 amide bonds. The predicted octanol–water partition coefficient (Wildman–Crippen LogP) is 4.27. The number of rotatable bonds is 5. The molecule has 2 aromatic rings. The molecule has 2 bridgehead atoms. The van der Waals surface area contributed by atoms with Crippen LogP contribution in [0.5, 0.6) is 0 Å². The van der Waals surface area contributed by atoms with Crippen LogP contribution >= 0.6 is 11.6 Å². The van der Waals surface area contributed by atoms with Crippen molar-refractivity contribution in [2.24, 2.45) is 5.92 Å². The summed E-state index contributed by atoms with van der Waals surface area (Å²) in [7, 11) is 2.15. The second kappa shape index (κ2) is 8.14. The van der Waals surface area contributed by atoms with Gasteiger partial charge in [-0.2, -0.15) is 0 Å². The Bertz CT molecular complexity index is 822. The molecule has 4 atom stereocenters. The third kappa shape index (κ3) is 3.89. The van der Waals surface area contributed by atoms with Crippen LogP contribution in [0.1, 0.15) is 36.3 Å². The van der Waals surface area contributed by atoms with Crippen molar-refractivity contribution in [3.63, 3.8) is 0 Å². The number of benzene rings is 2. The summed E-state index contributed by atoms with van der Waals surface area (Å²) in [5.41, 5.74) is 8.79. The van der Waals surface area contributed by atoms with Gasteiger partial charge >= 0.3 is 5.97 Å². The van der Waals surface area contributed by atoms with Gasteiger partial charge in [0, 0.05) is 35.1 Å². The van der Waals surface area contributed by atoms with Gasteiger partial charge in [-0.05, 0) is 61.7 Å². The molecule has 2 N–H and O–H groups in total. The van der Waals surface area contributed by atoms with Crippen LogP contribution in [0.3, 0.4) is 0 Å². The van der Waals surface area contributed by atoms with Crippen LogP contribution in [-0.2, 0) is 16.0 Å². The lowest BCUT2D eigenvalue weighted by atomic mass is 9.76. The number of hydrogen-bond acceptors (Lipinski definition) is 4. The van der Waals surface area contributed by atoms with Gasteiger partial charge in [-0.1, -0.05) is 35.9 Å². The van der Waals surface area contributed by atoms with E-state index in [1.165, 1.54) is 5.56 Å². The molecule has 0 spiro atoms. The molecule has 2 aliphatic rings. The zero-order valence-corrected chi connectivity index (χ0v) is 16.9. The van der Waals surface area contributed by atoms with Crippen molar-refractivity contribution in [1.82, 2.24) is 4.90 Å². The first kappa shape index (κ1) is 19.3. The maximum absolute atomic E-state index is 13.1. The second-order valence-corrected chi connectivity index (χ2v) is 8.48. The molecule has 0 aromatic heterocycles. The summed E-state index contributed by atoms with van der Waals surface area (Å²) in [5, 5.41) is 0.724. The van der Waals surface area contributed by atoms with E-state index in [0.717, 1.165) is 35.5 Å². The molecule has 2 heterocycles. The molecule has 4 rings (SSSR count). The molecule has 148 valence electrons. The monoisotopic (exact) mass is 398 g/mol. The summed E-state index contributed by atoms with van der Waals surface area (Å²) >= 11 is 6.07. The van der Waals surface area contributed by atoms with Gasteiger partial charge in [0.2, 0.25) is 0 Å². The van der Waals surface area contributed by atoms with Crippen molar-refractivity contribution < 1.29 is 9.53 Å². The fourth-order valence-electron chi connectivity index (χ4n) is 4.89. The van der Waals surface area contributed by atoms with Gasteiger partial charge in [0.15, 0.2) is 0 Å². The summed E-state index contributed by atoms with van der Waals surface area (Å²) in [6.45, 7) is 0.395. The molecule has 0 saturated carbocycles. The largest absolute Gasteiger partial charge is 0.465 e. The normalized spacial score (nSPS) is 26.9. The predicted molar refractivity (Wildman–Crippen MR) is 112 cm³/mol. The number of nitrogens with zero attached hydrogens (tertiary/aromatic N) is 1. The van der Waals surface area contributed by atoms with Gasteiger partial charge in [0.1, 0.15) is 0 Å². The molecular weight excluding hydrogens is 372 g/mol. The van der Waals surface area contributed by atoms with Crippen LogP contribution in [0.25, 0.3) is 0 Å². The zero-order chi connectivity index (χ0) is 19.7. The Labute approximate surface area is 171 Å². The lowest BCUT2D eigenvalue weighted by molar-refractivity contribution is -0.153. The topological polar surface area (TPSA) is 55.6 Å². The first-order valence-electron chi connectivity index (χ1n) is 10.0. The van der Waals surface area contributed by atoms with E-state index in [0.29, 0.717) is 19.1 Å². The van der Waals surface area contributed by atoms with Crippen molar-refractivity contribution in [2.75, 3.05) is 19.4 Å². The van der Waals surface area contributed by atoms with Gasteiger partial charge in [-0.3, -0.25) is 9.69 Å². The standard InChI is InChI=1S/C23H27ClN2O2/c1-26-19-10-11-21(26)22(20(14-19)16-4-6-17(24)7-5-16)23(27)28-13-12-15-2-8-18(25)9-3-15/h2-9,19-22H,10-14,25H2,1H3/t19-,20+,21+,22-/m0/s1. The van der Waals surface area contributed by atoms with Gasteiger partial charge in [0.25, 0.3) is 0 Å². The number of ether oxygens (including phenoxy) is 1. The van der Waals surface area contributed by atoms with Gasteiger partial charge in [-0.25, -0.2) is 0 Å². The van der Waals surface area contributed by atoms with Crippen molar-refractivity contribution >= 4 is 23.3 Å². The third-order valence-corrected chi connectivity index (χ3v) is 6.71. The van der Waals surface area contributed by atoms with E-state index < -0.39 is 0 Å². The number of nitrogen functional groups attached to an aromatic ring is 1. The highest BCUT2D eigenvalue weighted by Gasteiger charge is 2.49. The van der Waals surface area contributed by atoms with Crippen LogP contribution in [-0.4, -0.2) is 36.6 Å². The van der Waals surface area contributed by atoms with Gasteiger partial charge < -0.3 is 10.5 Å². The van der Waals surface area contributed by atoms with Crippen molar-refractivity contribution in [1.29, 1.82) is 0 Å². The maximum atomic E-state index is 13.1. The Hall–Kier alpha value is -2.04. The number of piperidine rings is 1. The SMILES string of the molecule is CN1[C@H]2CC[C@@H]1[C@@H](C(=O)OCCc1ccc(N)cc1)[C@@H](c1ccc(Cl)cc1)C2. The molecule has 0 unspecified atom stereocenters. The minimum Gasteiger partial charge on any atom is -0.465 e. The molecule has 2 fully saturated rings. The molecule has 0 radical (unpaired) electrons. The highest BCUT2D eigenvalue weighted by molar-refractivity contribution is 6.30. The molecule has 2 aliphatic heterocycles. The number of hydrogen-bond donors (Lipinski definition) is 1. The van der Waals surface area contributed by atoms with E-state index in [9.17, 15) is 4.79 Å². The average molecular weight is 399 g/mol. The van der Waals surface area contributed by atoms with E-state index >= 15 is 0 Å². The quantitative estimate of drug-likeness (QED) is 0.603. The van der Waals surface area contributed by atoms with Crippen LogP contribution in [0.15, 0.2) is 48.5 Å². The van der Waals surface area contributed by atoms with Crippen molar-refractivity contribution in [2.45, 2.75) is 43.7 Å². The fourth-order valence-corrected chi connectivity index (χ4v) is 5.02. The Morgan fingerprint density at radius 1 is 1.14 bits per heavy atom. The number of anilines is 1. The summed E-state index contributed by atoms with van der Waals surface area (Å²) in [4.78, 5) is 15.5. The third-order valence-electron chi connectivity index (χ3n) is 6.45. The summed E-state index contributed by atoms with van der Waals surface area (Å²) in [6.07, 6.45) is 3.91. The van der Waals surface area contributed by atoms with Crippen LogP contribution in [0.2, 0.25) is 5.02 Å². The van der Waals surface area contributed by atoms with Crippen LogP contribution in [0, 0.1) is 5.92 Å². The maximum Gasteiger partial charge on any atom is 0.311 e. The lowest BCUT2D eigenvalue weighted by Gasteiger charge is -2.42. The molecular formula is C23H27ClN2O2. The molecule has 2 saturated heterocycles. The summed E-state index contributed by atoms with van der Waals surface area (Å²) in [6, 6.07) is 16.5. The number of carbonyl (C=O) groups is 1. The first-order chi connectivity index (χ1) is 13.5. The Balaban J connectivity index is 1.47. The molecule has 2 aromatic carbocycles. The van der Waals surface area contributed by atoms with Crippen LogP contribution in [0.4, 0.5) is 5.69 Å². The van der Waals surface area contributed by atoms with Gasteiger partial charge in [0.05, 0.1) is 12.5 Å². The highest BCUT2D eigenvalue weighted by Crippen LogP contribution is 2.46. The molecule has 28 heavy (non-hydrogen) atoms. The van der Waals surface area contributed by atoms with Crippen LogP contribution < -0.4 is 5.73 Å². The zero-order valence-electron chi connectivity index (χ0n) is 16.2. The van der Waals surface area contributed by atoms with E-state index in [1.807, 2.05) is 36.4 Å². The smallest absolute Gasteiger partial charge is 0.311 e. The van der Waals surface area contributed by atoms with E-state index in [1.54, 1.807) is 0 Å². The second-order valence-electron chi connectivity index (χ2n) is 8.04. The van der Waals surface area contributed by atoms with Crippen molar-refractivity contribution in [3.05, 3.63) is 64.7 Å². The molecule has 5 heteroatoms. The molecule has 4 nitrogen and oxygen atoms in total. The fraction of sp³-hybridized carbons (Fsp3) is 0.435. The average Bonchev–Trinajstić information content (AvgIpc) is 2.92. The van der Waals surface area contributed by atoms with Crippen molar-refractivity contribution in [3.8, 4) is 0 Å². The Morgan fingerprint density at radius 2 is 1.86 bits per heavy atom. The van der Waals surface area contributed by atoms with E-state index in [2.05, 4.69) is 24.1 Å². The van der Waals surface area contributed by atoms with E-state index in [4.69, 9.17) is 22.1 Å². The number of carbonyl (C=O) groups excluding carboxylic acids is 1. The summed E-state index contributed by atoms with van der Waals surface area (Å²) < 4.78 is 5.77. The first-order valence-corrected chi connectivity index (χ1v) is 10.4. The number of fused-ring (bicyclic) bond motifs is 2. The minimum atomic E-state index is -0.128. The Morgan fingerprint density at radius 3 is 2.57 bits per heavy atom. The lowest BCUT2D eigenvalue weighted by Crippen LogP contribution is -2.49. The van der Waals surface area contributed by atoms with E-state index in [-0.39, 0.29) is 23.8 Å².